The highest BCUT2D eigenvalue weighted by molar-refractivity contribution is 7.89. The Morgan fingerprint density at radius 1 is 1.08 bits per heavy atom. The highest BCUT2D eigenvalue weighted by Gasteiger charge is 2.23. The molecule has 0 radical (unpaired) electrons. The molecule has 1 amide bonds. The fourth-order valence-electron chi connectivity index (χ4n) is 3.88. The molecule has 0 fully saturated rings. The second kappa shape index (κ2) is 12.6. The third kappa shape index (κ3) is 6.74. The zero-order valence-electron chi connectivity index (χ0n) is 22.1. The number of esters is 1. The van der Waals surface area contributed by atoms with Gasteiger partial charge in [0.1, 0.15) is 6.54 Å². The van der Waals surface area contributed by atoms with Crippen molar-refractivity contribution in [2.45, 2.75) is 64.8 Å². The van der Waals surface area contributed by atoms with Gasteiger partial charge in [-0.05, 0) is 61.2 Å². The van der Waals surface area contributed by atoms with Crippen LogP contribution in [0.15, 0.2) is 52.4 Å². The van der Waals surface area contributed by atoms with Gasteiger partial charge in [-0.2, -0.15) is 9.30 Å². The summed E-state index contributed by atoms with van der Waals surface area (Å²) >= 11 is 1.33. The topological polar surface area (TPSA) is 98.0 Å². The van der Waals surface area contributed by atoms with Crippen LogP contribution in [0.1, 0.15) is 69.3 Å². The van der Waals surface area contributed by atoms with Gasteiger partial charge in [-0.3, -0.25) is 9.59 Å². The molecule has 0 aliphatic rings. The number of ether oxygens (including phenoxy) is 1. The van der Waals surface area contributed by atoms with Crippen molar-refractivity contribution in [3.63, 3.8) is 0 Å². The van der Waals surface area contributed by atoms with E-state index in [1.807, 2.05) is 32.0 Å². The van der Waals surface area contributed by atoms with Crippen LogP contribution in [-0.2, 0) is 26.1 Å². The number of hydrogen-bond acceptors (Lipinski definition) is 6. The van der Waals surface area contributed by atoms with Gasteiger partial charge in [-0.15, -0.1) is 0 Å². The predicted molar refractivity (Wildman–Crippen MR) is 146 cm³/mol. The largest absolute Gasteiger partial charge is 0.465 e. The van der Waals surface area contributed by atoms with E-state index in [0.29, 0.717) is 23.8 Å². The molecule has 0 spiro atoms. The summed E-state index contributed by atoms with van der Waals surface area (Å²) in [7, 11) is -3.64. The number of carbonyl (C=O) groups excluding carboxylic acids is 2. The van der Waals surface area contributed by atoms with E-state index in [0.717, 1.165) is 28.6 Å². The van der Waals surface area contributed by atoms with E-state index in [2.05, 4.69) is 18.8 Å². The van der Waals surface area contributed by atoms with Crippen LogP contribution in [0.25, 0.3) is 10.2 Å². The first-order valence-corrected chi connectivity index (χ1v) is 14.9. The third-order valence-electron chi connectivity index (χ3n) is 6.02. The summed E-state index contributed by atoms with van der Waals surface area (Å²) in [6, 6.07) is 11.8. The zero-order valence-corrected chi connectivity index (χ0v) is 23.7. The summed E-state index contributed by atoms with van der Waals surface area (Å²) in [5.74, 6) is -0.606. The molecule has 0 saturated carbocycles. The summed E-state index contributed by atoms with van der Waals surface area (Å²) in [5, 5.41) is 0. The smallest absolute Gasteiger partial charge is 0.326 e. The molecule has 0 atom stereocenters. The molecule has 0 aliphatic carbocycles. The maximum Gasteiger partial charge on any atom is 0.326 e. The fourth-order valence-corrected chi connectivity index (χ4v) is 6.44. The Bertz CT molecular complexity index is 1420. The summed E-state index contributed by atoms with van der Waals surface area (Å²) in [4.78, 5) is 30.2. The van der Waals surface area contributed by atoms with Crippen molar-refractivity contribution in [3.8, 4) is 0 Å². The molecule has 0 saturated heterocycles. The zero-order chi connectivity index (χ0) is 27.2. The van der Waals surface area contributed by atoms with Crippen molar-refractivity contribution in [2.75, 3.05) is 19.7 Å². The van der Waals surface area contributed by atoms with Crippen LogP contribution in [0.4, 0.5) is 0 Å². The van der Waals surface area contributed by atoms with E-state index in [9.17, 15) is 18.0 Å². The minimum absolute atomic E-state index is 0.0667. The SMILES string of the molecule is CCCCN(CC)S(=O)(=O)c1ccc(C(=O)N=c2sc3cc(C(C)C)ccc3n2CC(=O)OCC)cc1. The Morgan fingerprint density at radius 3 is 2.38 bits per heavy atom. The Morgan fingerprint density at radius 2 is 1.78 bits per heavy atom. The number of benzene rings is 2. The molecular formula is C27H35N3O5S2. The lowest BCUT2D eigenvalue weighted by molar-refractivity contribution is -0.143. The molecule has 0 bridgehead atoms. The van der Waals surface area contributed by atoms with Crippen molar-refractivity contribution in [2.24, 2.45) is 4.99 Å². The molecule has 37 heavy (non-hydrogen) atoms. The van der Waals surface area contributed by atoms with Crippen LogP contribution in [0, 0.1) is 0 Å². The summed E-state index contributed by atoms with van der Waals surface area (Å²) < 4.78 is 35.1. The lowest BCUT2D eigenvalue weighted by atomic mass is 10.0. The molecule has 0 N–H and O–H groups in total. The number of rotatable bonds is 11. The quantitative estimate of drug-likeness (QED) is 0.318. The molecule has 1 aromatic heterocycles. The number of thiazole rings is 1. The minimum Gasteiger partial charge on any atom is -0.465 e. The Labute approximate surface area is 222 Å². The number of aromatic nitrogens is 1. The first-order chi connectivity index (χ1) is 17.6. The van der Waals surface area contributed by atoms with E-state index < -0.39 is 21.9 Å². The van der Waals surface area contributed by atoms with Gasteiger partial charge in [0.05, 0.1) is 21.7 Å². The molecule has 0 unspecified atom stereocenters. The Hall–Kier alpha value is -2.82. The number of nitrogens with zero attached hydrogens (tertiary/aromatic N) is 3. The van der Waals surface area contributed by atoms with Gasteiger partial charge >= 0.3 is 5.97 Å². The van der Waals surface area contributed by atoms with Gasteiger partial charge in [0.15, 0.2) is 4.80 Å². The maximum atomic E-state index is 13.1. The molecule has 3 rings (SSSR count). The molecule has 10 heteroatoms. The Balaban J connectivity index is 1.98. The van der Waals surface area contributed by atoms with E-state index in [-0.39, 0.29) is 23.6 Å². The lowest BCUT2D eigenvalue weighted by Crippen LogP contribution is -2.31. The Kier molecular flexibility index (Phi) is 9.80. The fraction of sp³-hybridized carbons (Fsp3) is 0.444. The van der Waals surface area contributed by atoms with E-state index in [4.69, 9.17) is 4.74 Å². The van der Waals surface area contributed by atoms with Crippen LogP contribution < -0.4 is 4.80 Å². The summed E-state index contributed by atoms with van der Waals surface area (Å²) in [5.41, 5.74) is 2.20. The molecular weight excluding hydrogens is 510 g/mol. The number of amides is 1. The standard InChI is InChI=1S/C27H35N3O5S2/c1-6-9-16-29(7-2)37(33,34)22-13-10-20(11-14-22)26(32)28-27-30(18-25(31)35-8-3)23-15-12-21(19(4)5)17-24(23)36-27/h10-15,17,19H,6-9,16,18H2,1-5H3. The van der Waals surface area contributed by atoms with Gasteiger partial charge in [-0.1, -0.05) is 51.5 Å². The second-order valence-corrected chi connectivity index (χ2v) is 11.9. The number of sulfonamides is 1. The predicted octanol–water partition coefficient (Wildman–Crippen LogP) is 4.94. The van der Waals surface area contributed by atoms with Crippen LogP contribution in [0.5, 0.6) is 0 Å². The first-order valence-electron chi connectivity index (χ1n) is 12.6. The van der Waals surface area contributed by atoms with E-state index >= 15 is 0 Å². The molecule has 1 heterocycles. The molecule has 200 valence electrons. The van der Waals surface area contributed by atoms with Crippen molar-refractivity contribution >= 4 is 43.5 Å². The number of hydrogen-bond donors (Lipinski definition) is 0. The van der Waals surface area contributed by atoms with Crippen LogP contribution >= 0.6 is 11.3 Å². The molecule has 0 aliphatic heterocycles. The van der Waals surface area contributed by atoms with Crippen LogP contribution in [-0.4, -0.2) is 48.9 Å². The van der Waals surface area contributed by atoms with Gasteiger partial charge in [0.2, 0.25) is 10.0 Å². The molecule has 8 nitrogen and oxygen atoms in total. The van der Waals surface area contributed by atoms with Gasteiger partial charge in [0, 0.05) is 18.7 Å². The number of fused-ring (bicyclic) bond motifs is 1. The van der Waals surface area contributed by atoms with Crippen molar-refractivity contribution in [3.05, 3.63) is 58.4 Å². The van der Waals surface area contributed by atoms with Gasteiger partial charge in [-0.25, -0.2) is 8.42 Å². The first kappa shape index (κ1) is 28.7. The summed E-state index contributed by atoms with van der Waals surface area (Å²) in [6.07, 6.45) is 1.68. The average molecular weight is 546 g/mol. The third-order valence-corrected chi connectivity index (χ3v) is 9.05. The van der Waals surface area contributed by atoms with Gasteiger partial charge in [0.25, 0.3) is 5.91 Å². The minimum atomic E-state index is -3.64. The maximum absolute atomic E-state index is 13.1. The van der Waals surface area contributed by atoms with Crippen molar-refractivity contribution in [1.82, 2.24) is 8.87 Å². The van der Waals surface area contributed by atoms with Crippen LogP contribution in [0.2, 0.25) is 0 Å². The monoisotopic (exact) mass is 545 g/mol. The van der Waals surface area contributed by atoms with Crippen molar-refractivity contribution in [1.29, 1.82) is 0 Å². The average Bonchev–Trinajstić information content (AvgIpc) is 3.20. The van der Waals surface area contributed by atoms with E-state index in [1.165, 1.54) is 39.9 Å². The molecule has 2 aromatic carbocycles. The number of unbranched alkanes of at least 4 members (excludes halogenated alkanes) is 1. The van der Waals surface area contributed by atoms with E-state index in [1.54, 1.807) is 11.5 Å². The van der Waals surface area contributed by atoms with Crippen LogP contribution in [0.3, 0.4) is 0 Å². The highest BCUT2D eigenvalue weighted by Crippen LogP contribution is 2.24. The normalized spacial score (nSPS) is 12.6. The van der Waals surface area contributed by atoms with Gasteiger partial charge < -0.3 is 9.30 Å². The second-order valence-electron chi connectivity index (χ2n) is 8.95. The lowest BCUT2D eigenvalue weighted by Gasteiger charge is -2.20. The number of carbonyl (C=O) groups is 2. The summed E-state index contributed by atoms with van der Waals surface area (Å²) in [6.45, 7) is 10.8. The van der Waals surface area contributed by atoms with Crippen molar-refractivity contribution < 1.29 is 22.7 Å². The highest BCUT2D eigenvalue weighted by atomic mass is 32.2. The molecule has 3 aromatic rings.